The van der Waals surface area contributed by atoms with E-state index < -0.39 is 0 Å². The molecule has 1 aromatic rings. The van der Waals surface area contributed by atoms with Crippen LogP contribution in [0.2, 0.25) is 0 Å². The molecular weight excluding hydrogens is 224 g/mol. The van der Waals surface area contributed by atoms with Gasteiger partial charge in [-0.15, -0.1) is 0 Å². The summed E-state index contributed by atoms with van der Waals surface area (Å²) in [6, 6.07) is 8.03. The highest BCUT2D eigenvalue weighted by atomic mass is 16.5. The highest BCUT2D eigenvalue weighted by Gasteiger charge is 2.13. The van der Waals surface area contributed by atoms with Crippen LogP contribution in [0, 0.1) is 18.3 Å². The number of nitrogens with zero attached hydrogens (tertiary/aromatic N) is 1. The molecule has 3 nitrogen and oxygen atoms in total. The van der Waals surface area contributed by atoms with E-state index >= 15 is 0 Å². The quantitative estimate of drug-likeness (QED) is 0.884. The number of anilines is 1. The molecule has 3 heteroatoms. The van der Waals surface area contributed by atoms with Gasteiger partial charge in [-0.25, -0.2) is 0 Å². The van der Waals surface area contributed by atoms with E-state index in [-0.39, 0.29) is 0 Å². The van der Waals surface area contributed by atoms with Gasteiger partial charge in [-0.1, -0.05) is 12.1 Å². The number of ether oxygens (including phenoxy) is 1. The molecule has 1 heterocycles. The Balaban J connectivity index is 1.88. The van der Waals surface area contributed by atoms with Crippen LogP contribution < -0.4 is 5.32 Å². The van der Waals surface area contributed by atoms with Gasteiger partial charge in [-0.3, -0.25) is 0 Å². The van der Waals surface area contributed by atoms with E-state index in [1.807, 2.05) is 25.1 Å². The number of benzene rings is 1. The lowest BCUT2D eigenvalue weighted by Crippen LogP contribution is -2.22. The van der Waals surface area contributed by atoms with Gasteiger partial charge in [0.2, 0.25) is 0 Å². The second-order valence-electron chi connectivity index (χ2n) is 4.81. The summed E-state index contributed by atoms with van der Waals surface area (Å²) in [4.78, 5) is 0. The lowest BCUT2D eigenvalue weighted by Gasteiger charge is -2.23. The average molecular weight is 244 g/mol. The van der Waals surface area contributed by atoms with Crippen LogP contribution in [-0.4, -0.2) is 19.3 Å². The molecule has 0 aromatic heterocycles. The number of hydrogen-bond acceptors (Lipinski definition) is 3. The van der Waals surface area contributed by atoms with Crippen LogP contribution in [-0.2, 0) is 4.74 Å². The number of rotatable bonds is 4. The van der Waals surface area contributed by atoms with Gasteiger partial charge in [0, 0.05) is 13.2 Å². The predicted octanol–water partition coefficient (Wildman–Crippen LogP) is 3.24. The lowest BCUT2D eigenvalue weighted by atomic mass is 10.1. The fourth-order valence-corrected chi connectivity index (χ4v) is 2.39. The maximum atomic E-state index is 9.08. The first-order valence-corrected chi connectivity index (χ1v) is 6.66. The largest absolute Gasteiger partial charge is 0.384 e. The Morgan fingerprint density at radius 2 is 2.33 bits per heavy atom. The van der Waals surface area contributed by atoms with E-state index in [4.69, 9.17) is 10.00 Å². The van der Waals surface area contributed by atoms with E-state index in [0.29, 0.717) is 6.10 Å². The second-order valence-corrected chi connectivity index (χ2v) is 4.81. The minimum atomic E-state index is 0.390. The number of para-hydroxylation sites is 1. The number of hydrogen-bond donors (Lipinski definition) is 1. The predicted molar refractivity (Wildman–Crippen MR) is 72.6 cm³/mol. The van der Waals surface area contributed by atoms with Crippen molar-refractivity contribution in [3.05, 3.63) is 29.3 Å². The summed E-state index contributed by atoms with van der Waals surface area (Å²) in [5.74, 6) is 0. The van der Waals surface area contributed by atoms with E-state index in [1.165, 1.54) is 19.3 Å². The van der Waals surface area contributed by atoms with Gasteiger partial charge in [-0.05, 0) is 44.2 Å². The normalized spacial score (nSPS) is 19.2. The molecule has 1 aromatic carbocycles. The highest BCUT2D eigenvalue weighted by molar-refractivity contribution is 5.62. The molecule has 96 valence electrons. The third kappa shape index (κ3) is 3.24. The molecule has 0 amide bonds. The molecule has 0 aliphatic carbocycles. The topological polar surface area (TPSA) is 45.0 Å². The fourth-order valence-electron chi connectivity index (χ4n) is 2.39. The van der Waals surface area contributed by atoms with Crippen molar-refractivity contribution in [1.29, 1.82) is 5.26 Å². The van der Waals surface area contributed by atoms with Crippen molar-refractivity contribution in [2.45, 2.75) is 38.7 Å². The Bertz CT molecular complexity index is 431. The molecule has 1 N–H and O–H groups in total. The van der Waals surface area contributed by atoms with Crippen molar-refractivity contribution in [2.24, 2.45) is 0 Å². The van der Waals surface area contributed by atoms with Crippen molar-refractivity contribution in [3.8, 4) is 6.07 Å². The summed E-state index contributed by atoms with van der Waals surface area (Å²) in [6.45, 7) is 3.79. The van der Waals surface area contributed by atoms with Crippen LogP contribution in [0.5, 0.6) is 0 Å². The van der Waals surface area contributed by atoms with Crippen LogP contribution in [0.15, 0.2) is 18.2 Å². The molecule has 18 heavy (non-hydrogen) atoms. The first kappa shape index (κ1) is 12.9. The molecule has 1 fully saturated rings. The molecule has 1 unspecified atom stereocenters. The van der Waals surface area contributed by atoms with Crippen molar-refractivity contribution in [2.75, 3.05) is 18.5 Å². The van der Waals surface area contributed by atoms with Crippen molar-refractivity contribution < 1.29 is 4.74 Å². The van der Waals surface area contributed by atoms with Gasteiger partial charge in [0.25, 0.3) is 0 Å². The van der Waals surface area contributed by atoms with E-state index in [2.05, 4.69) is 11.4 Å². The average Bonchev–Trinajstić information content (AvgIpc) is 2.41. The van der Waals surface area contributed by atoms with Gasteiger partial charge in [-0.2, -0.15) is 5.26 Å². The smallest absolute Gasteiger partial charge is 0.101 e. The Labute approximate surface area is 109 Å². The Kier molecular flexibility index (Phi) is 4.60. The minimum absolute atomic E-state index is 0.390. The first-order chi connectivity index (χ1) is 8.81. The van der Waals surface area contributed by atoms with Crippen LogP contribution in [0.1, 0.15) is 36.8 Å². The molecule has 0 saturated carbocycles. The van der Waals surface area contributed by atoms with Crippen LogP contribution in [0.25, 0.3) is 0 Å². The van der Waals surface area contributed by atoms with Gasteiger partial charge in [0.15, 0.2) is 0 Å². The summed E-state index contributed by atoms with van der Waals surface area (Å²) >= 11 is 0. The third-order valence-electron chi connectivity index (χ3n) is 3.44. The van der Waals surface area contributed by atoms with Crippen LogP contribution in [0.3, 0.4) is 0 Å². The summed E-state index contributed by atoms with van der Waals surface area (Å²) in [5, 5.41) is 12.5. The molecule has 1 aliphatic heterocycles. The molecule has 0 radical (unpaired) electrons. The summed E-state index contributed by atoms with van der Waals surface area (Å²) in [6.07, 6.45) is 5.04. The van der Waals surface area contributed by atoms with E-state index in [9.17, 15) is 0 Å². The SMILES string of the molecule is Cc1cccc(C#N)c1NCCC1CCCCO1. The van der Waals surface area contributed by atoms with Gasteiger partial charge in [0.1, 0.15) is 6.07 Å². The van der Waals surface area contributed by atoms with E-state index in [0.717, 1.165) is 36.4 Å². The zero-order chi connectivity index (χ0) is 12.8. The summed E-state index contributed by atoms with van der Waals surface area (Å²) < 4.78 is 5.70. The maximum Gasteiger partial charge on any atom is 0.101 e. The lowest BCUT2D eigenvalue weighted by molar-refractivity contribution is 0.0134. The molecule has 0 spiro atoms. The molecule has 1 saturated heterocycles. The molecular formula is C15H20N2O. The van der Waals surface area contributed by atoms with Crippen LogP contribution >= 0.6 is 0 Å². The summed E-state index contributed by atoms with van der Waals surface area (Å²) in [7, 11) is 0. The van der Waals surface area contributed by atoms with Gasteiger partial charge in [0.05, 0.1) is 17.4 Å². The van der Waals surface area contributed by atoms with E-state index in [1.54, 1.807) is 0 Å². The Hall–Kier alpha value is -1.53. The minimum Gasteiger partial charge on any atom is -0.384 e. The monoisotopic (exact) mass is 244 g/mol. The number of nitriles is 1. The maximum absolute atomic E-state index is 9.08. The molecule has 0 bridgehead atoms. The van der Waals surface area contributed by atoms with Crippen molar-refractivity contribution >= 4 is 5.69 Å². The standard InChI is InChI=1S/C15H20N2O/c1-12-5-4-6-13(11-16)15(12)17-9-8-14-7-2-3-10-18-14/h4-6,14,17H,2-3,7-10H2,1H3. The zero-order valence-electron chi connectivity index (χ0n) is 10.9. The molecule has 2 rings (SSSR count). The highest BCUT2D eigenvalue weighted by Crippen LogP contribution is 2.21. The number of nitrogens with one attached hydrogen (secondary N) is 1. The molecule has 1 atom stereocenters. The van der Waals surface area contributed by atoms with Gasteiger partial charge >= 0.3 is 0 Å². The van der Waals surface area contributed by atoms with Crippen LogP contribution in [0.4, 0.5) is 5.69 Å². The Morgan fingerprint density at radius 1 is 1.44 bits per heavy atom. The van der Waals surface area contributed by atoms with Crippen molar-refractivity contribution in [3.63, 3.8) is 0 Å². The van der Waals surface area contributed by atoms with Crippen molar-refractivity contribution in [1.82, 2.24) is 0 Å². The fraction of sp³-hybridized carbons (Fsp3) is 0.533. The second kappa shape index (κ2) is 6.42. The third-order valence-corrected chi connectivity index (χ3v) is 3.44. The summed E-state index contributed by atoms with van der Waals surface area (Å²) in [5.41, 5.74) is 2.81. The molecule has 1 aliphatic rings. The number of aryl methyl sites for hydroxylation is 1. The Morgan fingerprint density at radius 3 is 3.06 bits per heavy atom. The van der Waals surface area contributed by atoms with Gasteiger partial charge < -0.3 is 10.1 Å². The first-order valence-electron chi connectivity index (χ1n) is 6.66. The zero-order valence-corrected chi connectivity index (χ0v) is 10.9.